The van der Waals surface area contributed by atoms with Gasteiger partial charge in [0.2, 0.25) is 0 Å². The molecule has 2 fully saturated rings. The topological polar surface area (TPSA) is 80.3 Å². The minimum Gasteiger partial charge on any atom is -0.392 e. The Bertz CT molecular complexity index is 1290. The third-order valence-corrected chi connectivity index (χ3v) is 7.90. The Labute approximate surface area is 255 Å². The average Bonchev–Trinajstić information content (AvgIpc) is 3.00. The van der Waals surface area contributed by atoms with Crippen LogP contribution >= 0.6 is 34.8 Å². The van der Waals surface area contributed by atoms with E-state index in [1.165, 1.54) is 0 Å². The molecule has 3 aromatic carbocycles. The van der Waals surface area contributed by atoms with E-state index in [2.05, 4.69) is 10.2 Å². The van der Waals surface area contributed by atoms with Gasteiger partial charge in [0.05, 0.1) is 32.0 Å². The second-order valence-electron chi connectivity index (χ2n) is 10.2. The molecule has 2 heterocycles. The van der Waals surface area contributed by atoms with Crippen molar-refractivity contribution in [1.82, 2.24) is 10.2 Å². The molecule has 0 aliphatic carbocycles. The largest absolute Gasteiger partial charge is 0.392 e. The van der Waals surface area contributed by atoms with Crippen LogP contribution < -0.4 is 5.32 Å². The summed E-state index contributed by atoms with van der Waals surface area (Å²) in [4.78, 5) is 14.4. The van der Waals surface area contributed by atoms with E-state index in [4.69, 9.17) is 49.0 Å². The maximum absolute atomic E-state index is 12.1. The van der Waals surface area contributed by atoms with Gasteiger partial charge in [0.1, 0.15) is 0 Å². The van der Waals surface area contributed by atoms with E-state index in [9.17, 15) is 9.90 Å². The van der Waals surface area contributed by atoms with Gasteiger partial charge in [-0.25, -0.2) is 0 Å². The number of hydrogen-bond acceptors (Lipinski definition) is 6. The van der Waals surface area contributed by atoms with E-state index in [0.29, 0.717) is 0 Å². The molecule has 218 valence electrons. The number of nitrogens with one attached hydrogen (secondary N) is 1. The molecule has 0 bridgehead atoms. The molecule has 2 aliphatic heterocycles. The molecule has 5 rings (SSSR count). The van der Waals surface area contributed by atoms with Crippen LogP contribution in [0.2, 0.25) is 0 Å². The van der Waals surface area contributed by atoms with Gasteiger partial charge in [-0.1, -0.05) is 108 Å². The number of hydrogen-bond donors (Lipinski definition) is 2. The number of aliphatic hydroxyl groups excluding tert-OH is 1. The molecule has 0 unspecified atom stereocenters. The first-order valence-corrected chi connectivity index (χ1v) is 14.8. The zero-order valence-electron chi connectivity index (χ0n) is 22.5. The number of carbonyl (C=O) groups excluding carboxylic acids is 1. The second-order valence-corrected chi connectivity index (χ2v) is 12.5. The predicted molar refractivity (Wildman–Crippen MR) is 160 cm³/mol. The summed E-state index contributed by atoms with van der Waals surface area (Å²) >= 11 is 17.1. The molecule has 0 spiro atoms. The van der Waals surface area contributed by atoms with Crippen LogP contribution in [-0.2, 0) is 32.2 Å². The Hall–Kier alpha value is -2.20. The van der Waals surface area contributed by atoms with Gasteiger partial charge in [0.15, 0.2) is 6.29 Å². The molecule has 1 amide bonds. The maximum Gasteiger partial charge on any atom is 0.272 e. The van der Waals surface area contributed by atoms with E-state index in [-0.39, 0.29) is 25.4 Å². The predicted octanol–water partition coefficient (Wildman–Crippen LogP) is 5.71. The van der Waals surface area contributed by atoms with Crippen LogP contribution in [0.5, 0.6) is 0 Å². The third kappa shape index (κ3) is 8.00. The molecule has 0 radical (unpaired) electrons. The van der Waals surface area contributed by atoms with Gasteiger partial charge in [-0.05, 0) is 27.8 Å². The molecule has 41 heavy (non-hydrogen) atoms. The number of alkyl halides is 3. The quantitative estimate of drug-likeness (QED) is 0.315. The van der Waals surface area contributed by atoms with Gasteiger partial charge < -0.3 is 24.6 Å². The highest BCUT2D eigenvalue weighted by molar-refractivity contribution is 6.76. The molecule has 10 heteroatoms. The number of rotatable bonds is 8. The van der Waals surface area contributed by atoms with Gasteiger partial charge in [0, 0.05) is 38.2 Å². The number of benzene rings is 3. The average molecular weight is 620 g/mol. The van der Waals surface area contributed by atoms with Crippen molar-refractivity contribution in [2.24, 2.45) is 0 Å². The minimum atomic E-state index is -2.02. The van der Waals surface area contributed by atoms with Crippen molar-refractivity contribution in [3.63, 3.8) is 0 Å². The van der Waals surface area contributed by atoms with Gasteiger partial charge >= 0.3 is 0 Å². The van der Waals surface area contributed by atoms with Crippen molar-refractivity contribution < 1.29 is 24.1 Å². The van der Waals surface area contributed by atoms with Crippen LogP contribution in [0.3, 0.4) is 0 Å². The lowest BCUT2D eigenvalue weighted by atomic mass is 9.97. The highest BCUT2D eigenvalue weighted by Gasteiger charge is 2.34. The number of morpholine rings is 1. The fourth-order valence-electron chi connectivity index (χ4n) is 5.16. The van der Waals surface area contributed by atoms with Gasteiger partial charge in [-0.2, -0.15) is 0 Å². The molecule has 0 aromatic heterocycles. The normalized spacial score (nSPS) is 21.9. The van der Waals surface area contributed by atoms with Crippen LogP contribution in [0, 0.1) is 0 Å². The molecule has 2 aliphatic rings. The highest BCUT2D eigenvalue weighted by atomic mass is 35.6. The summed E-state index contributed by atoms with van der Waals surface area (Å²) in [6, 6.07) is 23.7. The fraction of sp³-hybridized carbons (Fsp3) is 0.387. The number of aliphatic hydroxyl groups is 1. The minimum absolute atomic E-state index is 0.00590. The van der Waals surface area contributed by atoms with Crippen LogP contribution in [0.15, 0.2) is 72.8 Å². The van der Waals surface area contributed by atoms with E-state index < -0.39 is 16.0 Å². The molecule has 0 saturated carbocycles. The van der Waals surface area contributed by atoms with Gasteiger partial charge in [0.25, 0.3) is 9.70 Å². The number of carbonyl (C=O) groups is 1. The van der Waals surface area contributed by atoms with E-state index >= 15 is 0 Å². The lowest BCUT2D eigenvalue weighted by Gasteiger charge is -2.39. The van der Waals surface area contributed by atoms with Gasteiger partial charge in [-0.15, -0.1) is 0 Å². The summed E-state index contributed by atoms with van der Waals surface area (Å²) in [5, 5.41) is 12.1. The second kappa shape index (κ2) is 13.8. The Balaban J connectivity index is 1.34. The van der Waals surface area contributed by atoms with Gasteiger partial charge in [-0.3, -0.25) is 9.69 Å². The zero-order chi connectivity index (χ0) is 28.8. The van der Waals surface area contributed by atoms with Crippen LogP contribution in [0.4, 0.5) is 0 Å². The zero-order valence-corrected chi connectivity index (χ0v) is 24.7. The van der Waals surface area contributed by atoms with Crippen molar-refractivity contribution in [1.29, 1.82) is 0 Å². The molecular weight excluding hydrogens is 587 g/mol. The SMILES string of the molecule is O=C(NCc1ccccc1-c1ccc([C@H]2O[C@@H](CN3CCOCC3)C[C@@H](c3ccc(CO)cc3)O2)cc1)C(Cl)(Cl)Cl. The molecule has 2 N–H and O–H groups in total. The van der Waals surface area contributed by atoms with Crippen LogP contribution in [0.1, 0.15) is 41.1 Å². The highest BCUT2D eigenvalue weighted by Crippen LogP contribution is 2.39. The monoisotopic (exact) mass is 618 g/mol. The summed E-state index contributed by atoms with van der Waals surface area (Å²) in [5.74, 6) is -0.675. The first-order chi connectivity index (χ1) is 19.8. The molecular formula is C31H33Cl3N2O5. The summed E-state index contributed by atoms with van der Waals surface area (Å²) < 4.78 is 16.5. The summed E-state index contributed by atoms with van der Waals surface area (Å²) in [5.41, 5.74) is 5.67. The third-order valence-electron chi connectivity index (χ3n) is 7.39. The van der Waals surface area contributed by atoms with Crippen LogP contribution in [-0.4, -0.2) is 58.7 Å². The first kappa shape index (κ1) is 30.3. The number of amides is 1. The number of ether oxygens (including phenoxy) is 3. The first-order valence-electron chi connectivity index (χ1n) is 13.6. The molecule has 7 nitrogen and oxygen atoms in total. The molecule has 3 aromatic rings. The smallest absolute Gasteiger partial charge is 0.272 e. The summed E-state index contributed by atoms with van der Waals surface area (Å²) in [6.45, 7) is 4.27. The molecule has 3 atom stereocenters. The fourth-order valence-corrected chi connectivity index (χ4v) is 5.36. The molecule has 2 saturated heterocycles. The summed E-state index contributed by atoms with van der Waals surface area (Å²) in [6.07, 6.45) is 0.0356. The Morgan fingerprint density at radius 2 is 1.61 bits per heavy atom. The van der Waals surface area contributed by atoms with Crippen molar-refractivity contribution >= 4 is 40.7 Å². The standard InChI is InChI=1S/C31H33Cl3N2O5/c32-31(33,34)30(38)35-18-25-3-1-2-4-27(25)22-9-11-24(12-10-22)29-40-26(19-36-13-15-39-16-14-36)17-28(41-29)23-7-5-21(20-37)6-8-23/h1-12,26,28-29,37H,13-20H2,(H,35,38)/t26-,28+,29+/m1/s1. The lowest BCUT2D eigenvalue weighted by molar-refractivity contribution is -0.253. The van der Waals surface area contributed by atoms with Crippen molar-refractivity contribution in [2.45, 2.75) is 41.9 Å². The van der Waals surface area contributed by atoms with E-state index in [0.717, 1.165) is 72.6 Å². The van der Waals surface area contributed by atoms with Crippen molar-refractivity contribution in [3.8, 4) is 11.1 Å². The van der Waals surface area contributed by atoms with E-state index in [1.54, 1.807) is 0 Å². The van der Waals surface area contributed by atoms with Crippen molar-refractivity contribution in [3.05, 3.63) is 95.1 Å². The lowest BCUT2D eigenvalue weighted by Crippen LogP contribution is -2.44. The number of halogens is 3. The number of nitrogens with zero attached hydrogens (tertiary/aromatic N) is 1. The summed E-state index contributed by atoms with van der Waals surface area (Å²) in [7, 11) is 0. The van der Waals surface area contributed by atoms with Crippen molar-refractivity contribution in [2.75, 3.05) is 32.8 Å². The Morgan fingerprint density at radius 1 is 0.927 bits per heavy atom. The Morgan fingerprint density at radius 3 is 2.29 bits per heavy atom. The van der Waals surface area contributed by atoms with Crippen LogP contribution in [0.25, 0.3) is 11.1 Å². The Kier molecular flexibility index (Phi) is 10.2. The van der Waals surface area contributed by atoms with E-state index in [1.807, 2.05) is 72.8 Å². The maximum atomic E-state index is 12.1.